The van der Waals surface area contributed by atoms with Gasteiger partial charge in [-0.15, -0.1) is 11.8 Å². The summed E-state index contributed by atoms with van der Waals surface area (Å²) < 4.78 is 0. The van der Waals surface area contributed by atoms with E-state index in [0.717, 1.165) is 16.0 Å². The molecule has 0 saturated carbocycles. The Morgan fingerprint density at radius 2 is 1.55 bits per heavy atom. The molecule has 4 nitrogen and oxygen atoms in total. The molecule has 0 aliphatic carbocycles. The van der Waals surface area contributed by atoms with Crippen LogP contribution in [0.4, 0.5) is 0 Å². The molecule has 0 bridgehead atoms. The Balaban J connectivity index is 1.90. The fourth-order valence-electron chi connectivity index (χ4n) is 3.51. The number of halogens is 1. The molecule has 0 saturated heterocycles. The number of amides is 2. The second kappa shape index (κ2) is 12.5. The third kappa shape index (κ3) is 7.95. The summed E-state index contributed by atoms with van der Waals surface area (Å²) >= 11 is 7.67. The summed E-state index contributed by atoms with van der Waals surface area (Å²) in [5.74, 6) is -0.0113. The minimum absolute atomic E-state index is 0.0300. The zero-order chi connectivity index (χ0) is 23.6. The van der Waals surface area contributed by atoms with Crippen molar-refractivity contribution in [3.63, 3.8) is 0 Å². The van der Waals surface area contributed by atoms with E-state index in [2.05, 4.69) is 5.32 Å². The lowest BCUT2D eigenvalue weighted by atomic mass is 10.0. The fourth-order valence-corrected chi connectivity index (χ4v) is 4.53. The van der Waals surface area contributed by atoms with Gasteiger partial charge >= 0.3 is 0 Å². The minimum Gasteiger partial charge on any atom is -0.352 e. The van der Waals surface area contributed by atoms with Gasteiger partial charge in [-0.2, -0.15) is 0 Å². The van der Waals surface area contributed by atoms with Crippen LogP contribution in [0.2, 0.25) is 5.02 Å². The van der Waals surface area contributed by atoms with Crippen molar-refractivity contribution in [1.29, 1.82) is 0 Å². The first-order valence-electron chi connectivity index (χ1n) is 11.0. The van der Waals surface area contributed by atoms with Crippen LogP contribution in [-0.4, -0.2) is 34.6 Å². The first-order chi connectivity index (χ1) is 15.9. The molecule has 0 heterocycles. The average Bonchev–Trinajstić information content (AvgIpc) is 2.80. The zero-order valence-electron chi connectivity index (χ0n) is 18.9. The topological polar surface area (TPSA) is 49.4 Å². The maximum absolute atomic E-state index is 13.5. The molecule has 0 fully saturated rings. The van der Waals surface area contributed by atoms with E-state index >= 15 is 0 Å². The van der Waals surface area contributed by atoms with Crippen LogP contribution in [0.15, 0.2) is 89.8 Å². The number of carbonyl (C=O) groups is 2. The molecule has 0 aromatic heterocycles. The lowest BCUT2D eigenvalue weighted by Gasteiger charge is -2.32. The number of nitrogens with zero attached hydrogens (tertiary/aromatic N) is 1. The van der Waals surface area contributed by atoms with Gasteiger partial charge in [0.15, 0.2) is 0 Å². The molecule has 1 atom stereocenters. The van der Waals surface area contributed by atoms with E-state index in [0.29, 0.717) is 18.0 Å². The van der Waals surface area contributed by atoms with Crippen molar-refractivity contribution in [3.05, 3.63) is 101 Å². The highest BCUT2D eigenvalue weighted by atomic mass is 35.5. The summed E-state index contributed by atoms with van der Waals surface area (Å²) in [5.41, 5.74) is 1.89. The first kappa shape index (κ1) is 24.9. The molecular formula is C27H29ClN2O2S. The number of hydrogen-bond donors (Lipinski definition) is 1. The zero-order valence-corrected chi connectivity index (χ0v) is 20.5. The summed E-state index contributed by atoms with van der Waals surface area (Å²) in [7, 11) is 0. The average molecular weight is 481 g/mol. The molecule has 0 aliphatic heterocycles. The number of benzene rings is 3. The normalized spacial score (nSPS) is 11.8. The Kier molecular flexibility index (Phi) is 9.40. The van der Waals surface area contributed by atoms with Gasteiger partial charge in [0.25, 0.3) is 0 Å². The quantitative estimate of drug-likeness (QED) is 0.384. The number of thioether (sulfide) groups is 1. The Hall–Kier alpha value is -2.76. The standard InChI is InChI=1S/C27H29ClN2O2S/c1-20(2)29-27(32)25(17-21-10-5-3-6-11-21)30(18-22-12-9-13-23(28)16-22)26(31)19-33-24-14-7-4-8-15-24/h3-16,20,25H,17-19H2,1-2H3,(H,29,32)/t25-/m0/s1. The van der Waals surface area contributed by atoms with Gasteiger partial charge in [-0.1, -0.05) is 72.3 Å². The van der Waals surface area contributed by atoms with Crippen LogP contribution < -0.4 is 5.32 Å². The van der Waals surface area contributed by atoms with Crippen LogP contribution in [0.1, 0.15) is 25.0 Å². The highest BCUT2D eigenvalue weighted by Crippen LogP contribution is 2.22. The van der Waals surface area contributed by atoms with Crippen LogP contribution in [0, 0.1) is 0 Å². The molecule has 2 amide bonds. The third-order valence-corrected chi connectivity index (χ3v) is 6.28. The molecule has 0 spiro atoms. The molecule has 6 heteroatoms. The molecule has 3 aromatic carbocycles. The summed E-state index contributed by atoms with van der Waals surface area (Å²) in [6.07, 6.45) is 0.432. The number of rotatable bonds is 10. The van der Waals surface area contributed by atoms with Gasteiger partial charge in [0, 0.05) is 28.9 Å². The highest BCUT2D eigenvalue weighted by molar-refractivity contribution is 8.00. The second-order valence-electron chi connectivity index (χ2n) is 8.12. The summed E-state index contributed by atoms with van der Waals surface area (Å²) in [6.45, 7) is 4.15. The minimum atomic E-state index is -0.641. The van der Waals surface area contributed by atoms with Gasteiger partial charge in [0.1, 0.15) is 6.04 Å². The highest BCUT2D eigenvalue weighted by Gasteiger charge is 2.30. The molecule has 3 rings (SSSR count). The van der Waals surface area contributed by atoms with Crippen molar-refractivity contribution < 1.29 is 9.59 Å². The van der Waals surface area contributed by atoms with Gasteiger partial charge < -0.3 is 10.2 Å². The lowest BCUT2D eigenvalue weighted by Crippen LogP contribution is -2.52. The van der Waals surface area contributed by atoms with E-state index < -0.39 is 6.04 Å². The van der Waals surface area contributed by atoms with Crippen LogP contribution in [0.3, 0.4) is 0 Å². The SMILES string of the molecule is CC(C)NC(=O)[C@H](Cc1ccccc1)N(Cc1cccc(Cl)c1)C(=O)CSc1ccccc1. The molecular weight excluding hydrogens is 452 g/mol. The van der Waals surface area contributed by atoms with Gasteiger partial charge in [-0.3, -0.25) is 9.59 Å². The van der Waals surface area contributed by atoms with Crippen LogP contribution >= 0.6 is 23.4 Å². The summed E-state index contributed by atoms with van der Waals surface area (Å²) in [6, 6.07) is 26.4. The lowest BCUT2D eigenvalue weighted by molar-refractivity contribution is -0.139. The molecule has 0 aliphatic rings. The van der Waals surface area contributed by atoms with Gasteiger partial charge in [0.05, 0.1) is 5.75 Å². The predicted octanol–water partition coefficient (Wildman–Crippen LogP) is 5.60. The Bertz CT molecular complexity index is 1040. The van der Waals surface area contributed by atoms with Crippen molar-refractivity contribution in [1.82, 2.24) is 10.2 Å². The van der Waals surface area contributed by atoms with Gasteiger partial charge in [-0.05, 0) is 49.2 Å². The second-order valence-corrected chi connectivity index (χ2v) is 9.61. The largest absolute Gasteiger partial charge is 0.352 e. The van der Waals surface area contributed by atoms with E-state index in [1.54, 1.807) is 11.0 Å². The molecule has 1 N–H and O–H groups in total. The smallest absolute Gasteiger partial charge is 0.243 e. The van der Waals surface area contributed by atoms with Crippen molar-refractivity contribution in [3.8, 4) is 0 Å². The van der Waals surface area contributed by atoms with E-state index in [4.69, 9.17) is 11.6 Å². The van der Waals surface area contributed by atoms with Gasteiger partial charge in [0.2, 0.25) is 11.8 Å². The number of hydrogen-bond acceptors (Lipinski definition) is 3. The molecule has 33 heavy (non-hydrogen) atoms. The maximum atomic E-state index is 13.5. The third-order valence-electron chi connectivity index (χ3n) is 5.05. The fraction of sp³-hybridized carbons (Fsp3) is 0.259. The van der Waals surface area contributed by atoms with Crippen LogP contribution in [0.5, 0.6) is 0 Å². The van der Waals surface area contributed by atoms with Crippen LogP contribution in [0.25, 0.3) is 0 Å². The molecule has 0 unspecified atom stereocenters. The van der Waals surface area contributed by atoms with E-state index in [1.807, 2.05) is 92.7 Å². The number of carbonyl (C=O) groups excluding carboxylic acids is 2. The van der Waals surface area contributed by atoms with Gasteiger partial charge in [-0.25, -0.2) is 0 Å². The molecule has 172 valence electrons. The summed E-state index contributed by atoms with van der Waals surface area (Å²) in [5, 5.41) is 3.61. The van der Waals surface area contributed by atoms with Crippen molar-refractivity contribution >= 4 is 35.2 Å². The molecule has 3 aromatic rings. The van der Waals surface area contributed by atoms with Crippen molar-refractivity contribution in [2.24, 2.45) is 0 Å². The Morgan fingerprint density at radius 3 is 2.18 bits per heavy atom. The Morgan fingerprint density at radius 1 is 0.909 bits per heavy atom. The van der Waals surface area contributed by atoms with E-state index in [9.17, 15) is 9.59 Å². The Labute approximate surface area is 205 Å². The van der Waals surface area contributed by atoms with E-state index in [1.165, 1.54) is 11.8 Å². The van der Waals surface area contributed by atoms with E-state index in [-0.39, 0.29) is 23.6 Å². The van der Waals surface area contributed by atoms with Crippen LogP contribution in [-0.2, 0) is 22.6 Å². The monoisotopic (exact) mass is 480 g/mol. The molecule has 0 radical (unpaired) electrons. The van der Waals surface area contributed by atoms with Crippen molar-refractivity contribution in [2.75, 3.05) is 5.75 Å². The maximum Gasteiger partial charge on any atom is 0.243 e. The first-order valence-corrected chi connectivity index (χ1v) is 12.3. The van der Waals surface area contributed by atoms with Crippen molar-refractivity contribution in [2.45, 2.75) is 43.8 Å². The summed E-state index contributed by atoms with van der Waals surface area (Å²) in [4.78, 5) is 29.5. The predicted molar refractivity (Wildman–Crippen MR) is 136 cm³/mol. The number of nitrogens with one attached hydrogen (secondary N) is 1.